The van der Waals surface area contributed by atoms with Crippen LogP contribution in [0.25, 0.3) is 0 Å². The molecule has 10 heavy (non-hydrogen) atoms. The zero-order chi connectivity index (χ0) is 7.40. The zero-order valence-electron chi connectivity index (χ0n) is 5.25. The highest BCUT2D eigenvalue weighted by Crippen LogP contribution is 2.13. The van der Waals surface area contributed by atoms with Gasteiger partial charge in [-0.1, -0.05) is 0 Å². The van der Waals surface area contributed by atoms with Crippen LogP contribution in [0.1, 0.15) is 0 Å². The van der Waals surface area contributed by atoms with Crippen molar-refractivity contribution in [3.05, 3.63) is 24.3 Å². The summed E-state index contributed by atoms with van der Waals surface area (Å²) in [7, 11) is 0. The van der Waals surface area contributed by atoms with Crippen LogP contribution in [0.15, 0.2) is 29.2 Å². The van der Waals surface area contributed by atoms with Crippen molar-refractivity contribution >= 4 is 12.6 Å². The lowest BCUT2D eigenvalue weighted by Crippen LogP contribution is -1.88. The van der Waals surface area contributed by atoms with Crippen molar-refractivity contribution < 1.29 is 9.13 Å². The Hall–Kier alpha value is -0.700. The highest BCUT2D eigenvalue weighted by atomic mass is 32.1. The highest BCUT2D eigenvalue weighted by molar-refractivity contribution is 7.80. The Bertz CT molecular complexity index is 197. The van der Waals surface area contributed by atoms with Crippen LogP contribution in [0.5, 0.6) is 5.75 Å². The lowest BCUT2D eigenvalue weighted by atomic mass is 10.3. The minimum Gasteiger partial charge on any atom is -0.463 e. The second kappa shape index (κ2) is 3.46. The largest absolute Gasteiger partial charge is 0.463 e. The monoisotopic (exact) mass is 158 g/mol. The zero-order valence-corrected chi connectivity index (χ0v) is 6.14. The summed E-state index contributed by atoms with van der Waals surface area (Å²) in [5.74, 6) is 0.528. The van der Waals surface area contributed by atoms with Gasteiger partial charge in [-0.15, -0.1) is 12.6 Å². The minimum atomic E-state index is -0.786. The van der Waals surface area contributed by atoms with E-state index < -0.39 is 6.86 Å². The van der Waals surface area contributed by atoms with E-state index in [1.165, 1.54) is 0 Å². The molecule has 0 spiro atoms. The molecular formula is C7H7FOS. The smallest absolute Gasteiger partial charge is 0.228 e. The van der Waals surface area contributed by atoms with Gasteiger partial charge in [0.05, 0.1) is 0 Å². The van der Waals surface area contributed by atoms with Crippen LogP contribution < -0.4 is 4.74 Å². The molecule has 0 amide bonds. The van der Waals surface area contributed by atoms with Crippen molar-refractivity contribution in [3.63, 3.8) is 0 Å². The van der Waals surface area contributed by atoms with Crippen LogP contribution in [-0.4, -0.2) is 6.86 Å². The Labute approximate surface area is 64.2 Å². The molecule has 0 unspecified atom stereocenters. The third-order valence-corrected chi connectivity index (χ3v) is 1.36. The molecule has 0 aliphatic carbocycles. The van der Waals surface area contributed by atoms with E-state index in [4.69, 9.17) is 0 Å². The molecule has 0 fully saturated rings. The summed E-state index contributed by atoms with van der Waals surface area (Å²) in [6, 6.07) is 6.83. The van der Waals surface area contributed by atoms with Crippen molar-refractivity contribution in [1.29, 1.82) is 0 Å². The predicted molar refractivity (Wildman–Crippen MR) is 40.3 cm³/mol. The van der Waals surface area contributed by atoms with Gasteiger partial charge in [0.1, 0.15) is 5.75 Å². The molecule has 0 aliphatic heterocycles. The topological polar surface area (TPSA) is 9.23 Å². The molecule has 0 heterocycles. The molecular weight excluding hydrogens is 151 g/mol. The lowest BCUT2D eigenvalue weighted by Gasteiger charge is -1.98. The van der Waals surface area contributed by atoms with Gasteiger partial charge in [0, 0.05) is 4.90 Å². The summed E-state index contributed by atoms with van der Waals surface area (Å²) in [6.45, 7) is -0.786. The Kier molecular flexibility index (Phi) is 2.57. The Balaban J connectivity index is 2.69. The van der Waals surface area contributed by atoms with E-state index in [1.54, 1.807) is 24.3 Å². The number of thiol groups is 1. The average molecular weight is 158 g/mol. The molecule has 3 heteroatoms. The Morgan fingerprint density at radius 1 is 1.30 bits per heavy atom. The maximum absolute atomic E-state index is 11.5. The molecule has 1 aromatic rings. The first-order valence-corrected chi connectivity index (χ1v) is 3.25. The van der Waals surface area contributed by atoms with Crippen LogP contribution in [0.4, 0.5) is 4.39 Å². The van der Waals surface area contributed by atoms with Gasteiger partial charge >= 0.3 is 0 Å². The number of hydrogen-bond acceptors (Lipinski definition) is 2. The van der Waals surface area contributed by atoms with Crippen LogP contribution in [0, 0.1) is 0 Å². The molecule has 0 saturated heterocycles. The summed E-state index contributed by atoms with van der Waals surface area (Å²) in [4.78, 5) is 0.839. The third kappa shape index (κ3) is 1.92. The fourth-order valence-electron chi connectivity index (χ4n) is 0.605. The maximum Gasteiger partial charge on any atom is 0.228 e. The van der Waals surface area contributed by atoms with Gasteiger partial charge in [-0.3, -0.25) is 0 Å². The Morgan fingerprint density at radius 2 is 1.90 bits per heavy atom. The van der Waals surface area contributed by atoms with Gasteiger partial charge in [-0.2, -0.15) is 0 Å². The molecule has 0 atom stereocenters. The van der Waals surface area contributed by atoms with Gasteiger partial charge in [-0.25, -0.2) is 4.39 Å². The fourth-order valence-corrected chi connectivity index (χ4v) is 0.754. The van der Waals surface area contributed by atoms with Crippen LogP contribution in [-0.2, 0) is 0 Å². The summed E-state index contributed by atoms with van der Waals surface area (Å²) < 4.78 is 16.1. The van der Waals surface area contributed by atoms with Crippen LogP contribution in [0.2, 0.25) is 0 Å². The molecule has 0 bridgehead atoms. The number of alkyl halides is 1. The van der Waals surface area contributed by atoms with Crippen LogP contribution in [0.3, 0.4) is 0 Å². The molecule has 1 rings (SSSR count). The molecule has 0 aliphatic rings. The second-order valence-electron chi connectivity index (χ2n) is 1.75. The number of ether oxygens (including phenoxy) is 1. The van der Waals surface area contributed by atoms with E-state index in [0.717, 1.165) is 4.90 Å². The molecule has 1 nitrogen and oxygen atoms in total. The Morgan fingerprint density at radius 3 is 2.40 bits per heavy atom. The van der Waals surface area contributed by atoms with E-state index in [0.29, 0.717) is 5.75 Å². The number of hydrogen-bond donors (Lipinski definition) is 1. The van der Waals surface area contributed by atoms with Gasteiger partial charge in [-0.05, 0) is 24.3 Å². The van der Waals surface area contributed by atoms with Gasteiger partial charge in [0.2, 0.25) is 6.86 Å². The van der Waals surface area contributed by atoms with Crippen molar-refractivity contribution in [3.8, 4) is 5.75 Å². The standard InChI is InChI=1S/C7H7FOS/c8-5-9-6-1-3-7(10)4-2-6/h1-4,10H,5H2. The first-order chi connectivity index (χ1) is 4.83. The van der Waals surface area contributed by atoms with E-state index >= 15 is 0 Å². The third-order valence-electron chi connectivity index (χ3n) is 1.06. The summed E-state index contributed by atoms with van der Waals surface area (Å²) >= 11 is 4.05. The molecule has 0 saturated carbocycles. The van der Waals surface area contributed by atoms with Gasteiger partial charge < -0.3 is 4.74 Å². The van der Waals surface area contributed by atoms with Crippen molar-refractivity contribution in [2.24, 2.45) is 0 Å². The van der Waals surface area contributed by atoms with Crippen molar-refractivity contribution in [2.45, 2.75) is 4.90 Å². The minimum absolute atomic E-state index is 0.528. The highest BCUT2D eigenvalue weighted by Gasteiger charge is 1.89. The summed E-state index contributed by atoms with van der Waals surface area (Å²) in [6.07, 6.45) is 0. The number of rotatable bonds is 2. The van der Waals surface area contributed by atoms with E-state index in [9.17, 15) is 4.39 Å². The average Bonchev–Trinajstić information content (AvgIpc) is 1.95. The van der Waals surface area contributed by atoms with E-state index in [1.807, 2.05) is 0 Å². The van der Waals surface area contributed by atoms with Gasteiger partial charge in [0.25, 0.3) is 0 Å². The fraction of sp³-hybridized carbons (Fsp3) is 0.143. The number of halogens is 1. The van der Waals surface area contributed by atoms with E-state index in [2.05, 4.69) is 17.4 Å². The quantitative estimate of drug-likeness (QED) is 0.649. The summed E-state index contributed by atoms with van der Waals surface area (Å²) in [5, 5.41) is 0. The number of benzene rings is 1. The van der Waals surface area contributed by atoms with Crippen LogP contribution >= 0.6 is 12.6 Å². The first kappa shape index (κ1) is 7.41. The first-order valence-electron chi connectivity index (χ1n) is 2.81. The molecule has 54 valence electrons. The maximum atomic E-state index is 11.5. The normalized spacial score (nSPS) is 9.40. The predicted octanol–water partition coefficient (Wildman–Crippen LogP) is 2.28. The molecule has 1 aromatic carbocycles. The summed E-state index contributed by atoms with van der Waals surface area (Å²) in [5.41, 5.74) is 0. The second-order valence-corrected chi connectivity index (χ2v) is 2.26. The molecule has 0 aromatic heterocycles. The van der Waals surface area contributed by atoms with Gasteiger partial charge in [0.15, 0.2) is 0 Å². The molecule has 0 N–H and O–H groups in total. The molecule has 0 radical (unpaired) electrons. The SMILES string of the molecule is FCOc1ccc(S)cc1. The van der Waals surface area contributed by atoms with Crippen molar-refractivity contribution in [1.82, 2.24) is 0 Å². The lowest BCUT2D eigenvalue weighted by molar-refractivity contribution is 0.191. The van der Waals surface area contributed by atoms with Crippen molar-refractivity contribution in [2.75, 3.05) is 6.86 Å². The van der Waals surface area contributed by atoms with E-state index in [-0.39, 0.29) is 0 Å².